The van der Waals surface area contributed by atoms with Crippen LogP contribution in [0.15, 0.2) is 24.3 Å². The fraction of sp³-hybridized carbons (Fsp3) is 0.538. The molecule has 19 heavy (non-hydrogen) atoms. The maximum Gasteiger partial charge on any atom is 0.220 e. The molecule has 0 unspecified atom stereocenters. The van der Waals surface area contributed by atoms with Crippen LogP contribution in [0, 0.1) is 5.82 Å². The maximum absolute atomic E-state index is 13.2. The van der Waals surface area contributed by atoms with Crippen molar-refractivity contribution in [2.75, 3.05) is 19.6 Å². The normalized spacial score (nSPS) is 22.9. The summed E-state index contributed by atoms with van der Waals surface area (Å²) in [6, 6.07) is 6.06. The summed E-state index contributed by atoms with van der Waals surface area (Å²) in [5.74, 6) is -0.345. The van der Waals surface area contributed by atoms with Crippen molar-refractivity contribution in [1.29, 1.82) is 0 Å². The maximum atomic E-state index is 13.2. The first-order valence-electron chi connectivity index (χ1n) is 6.28. The van der Waals surface area contributed by atoms with Gasteiger partial charge in [0, 0.05) is 26.2 Å². The Morgan fingerprint density at radius 3 is 2.84 bits per heavy atom. The summed E-state index contributed by atoms with van der Waals surface area (Å²) in [6.07, 6.45) is 0. The molecule has 1 aromatic carbocycles. The molecule has 1 aromatic rings. The first-order chi connectivity index (χ1) is 8.83. The van der Waals surface area contributed by atoms with Crippen LogP contribution < -0.4 is 5.32 Å². The number of benzene rings is 1. The van der Waals surface area contributed by atoms with Crippen molar-refractivity contribution in [3.8, 4) is 0 Å². The summed E-state index contributed by atoms with van der Waals surface area (Å²) in [4.78, 5) is 0. The van der Waals surface area contributed by atoms with E-state index < -0.39 is 14.8 Å². The number of halogens is 1. The third-order valence-electron chi connectivity index (χ3n) is 3.37. The van der Waals surface area contributed by atoms with E-state index in [1.807, 2.05) is 0 Å². The molecule has 1 aliphatic rings. The van der Waals surface area contributed by atoms with Crippen LogP contribution in [0.3, 0.4) is 0 Å². The van der Waals surface area contributed by atoms with Gasteiger partial charge in [0.25, 0.3) is 0 Å². The van der Waals surface area contributed by atoms with Crippen LogP contribution in [-0.2, 0) is 16.6 Å². The van der Waals surface area contributed by atoms with Gasteiger partial charge in [0.2, 0.25) is 10.0 Å². The van der Waals surface area contributed by atoms with Crippen molar-refractivity contribution in [2.24, 2.45) is 0 Å². The molecule has 0 spiro atoms. The standard InChI is InChI=1S/C13H19FN2O2S/c1-13(2)10-15-6-7-16(19(13,17)18)9-11-4-3-5-12(14)8-11/h3-5,8,15H,6-7,9-10H2,1-2H3. The van der Waals surface area contributed by atoms with Crippen molar-refractivity contribution < 1.29 is 12.8 Å². The molecule has 0 radical (unpaired) electrons. The molecule has 0 atom stereocenters. The Morgan fingerprint density at radius 2 is 2.16 bits per heavy atom. The summed E-state index contributed by atoms with van der Waals surface area (Å²) < 4.78 is 38.8. The van der Waals surface area contributed by atoms with E-state index >= 15 is 0 Å². The lowest BCUT2D eigenvalue weighted by molar-refractivity contribution is 0.406. The Balaban J connectivity index is 2.28. The summed E-state index contributed by atoms with van der Waals surface area (Å²) in [5.41, 5.74) is 0.668. The quantitative estimate of drug-likeness (QED) is 0.892. The van der Waals surface area contributed by atoms with E-state index in [1.165, 1.54) is 16.4 Å². The molecule has 1 N–H and O–H groups in total. The molecule has 0 aromatic heterocycles. The van der Waals surface area contributed by atoms with Gasteiger partial charge in [0.1, 0.15) is 5.82 Å². The van der Waals surface area contributed by atoms with Crippen LogP contribution >= 0.6 is 0 Å². The zero-order valence-corrected chi connectivity index (χ0v) is 12.0. The molecule has 0 saturated carbocycles. The summed E-state index contributed by atoms with van der Waals surface area (Å²) >= 11 is 0. The van der Waals surface area contributed by atoms with Gasteiger partial charge in [-0.05, 0) is 31.5 Å². The van der Waals surface area contributed by atoms with Crippen molar-refractivity contribution >= 4 is 10.0 Å². The van der Waals surface area contributed by atoms with Crippen molar-refractivity contribution in [3.05, 3.63) is 35.6 Å². The van der Waals surface area contributed by atoms with Crippen LogP contribution in [-0.4, -0.2) is 37.1 Å². The Bertz CT molecular complexity index is 558. The van der Waals surface area contributed by atoms with E-state index in [9.17, 15) is 12.8 Å². The Labute approximate surface area is 113 Å². The number of hydrogen-bond acceptors (Lipinski definition) is 3. The third kappa shape index (κ3) is 2.96. The third-order valence-corrected chi connectivity index (χ3v) is 5.91. The van der Waals surface area contributed by atoms with Gasteiger partial charge in [-0.3, -0.25) is 0 Å². The zero-order chi connectivity index (χ0) is 14.1. The monoisotopic (exact) mass is 286 g/mol. The molecule has 0 amide bonds. The van der Waals surface area contributed by atoms with E-state index in [1.54, 1.807) is 26.0 Å². The minimum absolute atomic E-state index is 0.213. The van der Waals surface area contributed by atoms with Gasteiger partial charge in [0.05, 0.1) is 4.75 Å². The van der Waals surface area contributed by atoms with Gasteiger partial charge in [-0.1, -0.05) is 12.1 Å². The Kier molecular flexibility index (Phi) is 3.94. The predicted molar refractivity (Wildman–Crippen MR) is 72.7 cm³/mol. The van der Waals surface area contributed by atoms with E-state index in [-0.39, 0.29) is 12.4 Å². The summed E-state index contributed by atoms with van der Waals surface area (Å²) in [5, 5.41) is 3.13. The average molecular weight is 286 g/mol. The van der Waals surface area contributed by atoms with Crippen molar-refractivity contribution in [1.82, 2.24) is 9.62 Å². The SMILES string of the molecule is CC1(C)CNCCN(Cc2cccc(F)c2)S1(=O)=O. The van der Waals surface area contributed by atoms with E-state index in [0.29, 0.717) is 25.2 Å². The molecule has 1 saturated heterocycles. The fourth-order valence-corrected chi connectivity index (χ4v) is 3.79. The van der Waals surface area contributed by atoms with Crippen LogP contribution in [0.4, 0.5) is 4.39 Å². The van der Waals surface area contributed by atoms with E-state index in [0.717, 1.165) is 0 Å². The Hall–Kier alpha value is -0.980. The van der Waals surface area contributed by atoms with Gasteiger partial charge >= 0.3 is 0 Å². The van der Waals surface area contributed by atoms with Gasteiger partial charge in [-0.2, -0.15) is 4.31 Å². The molecular formula is C13H19FN2O2S. The fourth-order valence-electron chi connectivity index (χ4n) is 2.16. The van der Waals surface area contributed by atoms with Gasteiger partial charge in [-0.15, -0.1) is 0 Å². The molecule has 0 bridgehead atoms. The van der Waals surface area contributed by atoms with E-state index in [2.05, 4.69) is 5.32 Å². The van der Waals surface area contributed by atoms with E-state index in [4.69, 9.17) is 0 Å². The number of nitrogens with one attached hydrogen (secondary N) is 1. The smallest absolute Gasteiger partial charge is 0.220 e. The highest BCUT2D eigenvalue weighted by Crippen LogP contribution is 2.24. The van der Waals surface area contributed by atoms with Gasteiger partial charge < -0.3 is 5.32 Å². The Morgan fingerprint density at radius 1 is 1.42 bits per heavy atom. The number of sulfonamides is 1. The minimum atomic E-state index is -3.40. The first kappa shape index (κ1) is 14.4. The highest BCUT2D eigenvalue weighted by molar-refractivity contribution is 7.90. The molecule has 0 aliphatic carbocycles. The van der Waals surface area contributed by atoms with Crippen LogP contribution in [0.5, 0.6) is 0 Å². The summed E-state index contributed by atoms with van der Waals surface area (Å²) in [7, 11) is -3.40. The largest absolute Gasteiger partial charge is 0.314 e. The molecular weight excluding hydrogens is 267 g/mol. The van der Waals surface area contributed by atoms with Crippen molar-refractivity contribution in [2.45, 2.75) is 25.1 Å². The second kappa shape index (κ2) is 5.19. The molecule has 2 rings (SSSR count). The molecule has 4 nitrogen and oxygen atoms in total. The zero-order valence-electron chi connectivity index (χ0n) is 11.2. The van der Waals surface area contributed by atoms with Gasteiger partial charge in [0.15, 0.2) is 0 Å². The summed E-state index contributed by atoms with van der Waals surface area (Å²) in [6.45, 7) is 5.07. The molecule has 106 valence electrons. The molecule has 1 heterocycles. The second-order valence-corrected chi connectivity index (χ2v) is 7.98. The van der Waals surface area contributed by atoms with Crippen LogP contribution in [0.2, 0.25) is 0 Å². The lowest BCUT2D eigenvalue weighted by atomic mass is 10.2. The number of rotatable bonds is 2. The number of nitrogens with zero attached hydrogens (tertiary/aromatic N) is 1. The molecule has 1 aliphatic heterocycles. The predicted octanol–water partition coefficient (Wildman–Crippen LogP) is 1.34. The molecule has 1 fully saturated rings. The van der Waals surface area contributed by atoms with Crippen LogP contribution in [0.25, 0.3) is 0 Å². The number of hydrogen-bond donors (Lipinski definition) is 1. The topological polar surface area (TPSA) is 49.4 Å². The van der Waals surface area contributed by atoms with Gasteiger partial charge in [-0.25, -0.2) is 12.8 Å². The minimum Gasteiger partial charge on any atom is -0.314 e. The highest BCUT2D eigenvalue weighted by atomic mass is 32.2. The lowest BCUT2D eigenvalue weighted by Crippen LogP contribution is -2.46. The second-order valence-electron chi connectivity index (χ2n) is 5.40. The average Bonchev–Trinajstić information content (AvgIpc) is 2.40. The lowest BCUT2D eigenvalue weighted by Gasteiger charge is -2.29. The first-order valence-corrected chi connectivity index (χ1v) is 7.72. The molecule has 6 heteroatoms. The van der Waals surface area contributed by atoms with Crippen molar-refractivity contribution in [3.63, 3.8) is 0 Å². The van der Waals surface area contributed by atoms with Crippen LogP contribution in [0.1, 0.15) is 19.4 Å². The highest BCUT2D eigenvalue weighted by Gasteiger charge is 2.40.